The van der Waals surface area contributed by atoms with Crippen LogP contribution in [0.5, 0.6) is 11.5 Å². The minimum absolute atomic E-state index is 0.0533. The number of anilines is 1. The number of ketones is 2. The number of nitro groups is 1. The van der Waals surface area contributed by atoms with Crippen LogP contribution in [0.1, 0.15) is 31.2 Å². The molecule has 1 heterocycles. The van der Waals surface area contributed by atoms with Crippen molar-refractivity contribution in [2.24, 2.45) is 17.8 Å². The van der Waals surface area contributed by atoms with Crippen molar-refractivity contribution in [1.29, 1.82) is 0 Å². The Morgan fingerprint density at radius 2 is 1.85 bits per heavy atom. The Bertz CT molecular complexity index is 1700. The first-order chi connectivity index (χ1) is 19.5. The summed E-state index contributed by atoms with van der Waals surface area (Å²) in [6.45, 7) is 1.59. The first-order valence-electron chi connectivity index (χ1n) is 12.9. The number of fused-ring (bicyclic) bond motifs is 3. The van der Waals surface area contributed by atoms with Gasteiger partial charge in [0.1, 0.15) is 0 Å². The maximum Gasteiger partial charge on any atom is 0.271 e. The number of halogens is 1. The molecule has 0 aromatic heterocycles. The smallest absolute Gasteiger partial charge is 0.271 e. The van der Waals surface area contributed by atoms with E-state index in [2.05, 4.69) is 0 Å². The molecule has 0 spiro atoms. The van der Waals surface area contributed by atoms with Crippen LogP contribution >= 0.6 is 22.6 Å². The van der Waals surface area contributed by atoms with Crippen LogP contribution < -0.4 is 9.64 Å². The van der Waals surface area contributed by atoms with Gasteiger partial charge in [0.15, 0.2) is 23.1 Å². The highest BCUT2D eigenvalue weighted by Crippen LogP contribution is 2.56. The summed E-state index contributed by atoms with van der Waals surface area (Å²) in [7, 11) is 1.42. The molecule has 1 N–H and O–H groups in total. The van der Waals surface area contributed by atoms with E-state index in [0.717, 1.165) is 10.5 Å². The number of hydrogen-bond donors (Lipinski definition) is 1. The maximum absolute atomic E-state index is 14.0. The van der Waals surface area contributed by atoms with E-state index in [-0.39, 0.29) is 47.3 Å². The zero-order chi connectivity index (χ0) is 29.3. The second-order valence-electron chi connectivity index (χ2n) is 10.6. The van der Waals surface area contributed by atoms with Crippen LogP contribution in [0.2, 0.25) is 0 Å². The molecule has 4 unspecified atom stereocenters. The quantitative estimate of drug-likeness (QED) is 0.125. The van der Waals surface area contributed by atoms with Crippen LogP contribution in [-0.4, -0.2) is 40.5 Å². The average Bonchev–Trinajstić information content (AvgIpc) is 3.21. The summed E-state index contributed by atoms with van der Waals surface area (Å²) in [6, 6.07) is 8.76. The van der Waals surface area contributed by atoms with Gasteiger partial charge in [0.05, 0.1) is 33.1 Å². The monoisotopic (exact) mass is 666 g/mol. The van der Waals surface area contributed by atoms with Crippen molar-refractivity contribution in [2.45, 2.75) is 25.7 Å². The van der Waals surface area contributed by atoms with Crippen LogP contribution in [0, 0.1) is 31.4 Å². The van der Waals surface area contributed by atoms with E-state index < -0.39 is 40.4 Å². The summed E-state index contributed by atoms with van der Waals surface area (Å²) in [5.74, 6) is -4.13. The van der Waals surface area contributed by atoms with Gasteiger partial charge in [0.2, 0.25) is 11.8 Å². The predicted octanol–water partition coefficient (Wildman–Crippen LogP) is 4.55. The van der Waals surface area contributed by atoms with E-state index in [0.29, 0.717) is 25.9 Å². The molecule has 1 aliphatic heterocycles. The largest absolute Gasteiger partial charge is 0.504 e. The molecular formula is C30H23IN2O8. The van der Waals surface area contributed by atoms with Crippen molar-refractivity contribution in [3.63, 3.8) is 0 Å². The van der Waals surface area contributed by atoms with Gasteiger partial charge in [-0.3, -0.25) is 29.3 Å². The lowest BCUT2D eigenvalue weighted by molar-refractivity contribution is -0.384. The second kappa shape index (κ2) is 9.75. The Balaban J connectivity index is 1.49. The molecule has 0 radical (unpaired) electrons. The van der Waals surface area contributed by atoms with Crippen molar-refractivity contribution >= 4 is 57.3 Å². The number of nitrogens with zero attached hydrogens (tertiary/aromatic N) is 2. The number of aromatic hydroxyl groups is 1. The molecule has 2 aromatic carbocycles. The number of rotatable bonds is 4. The Morgan fingerprint density at radius 3 is 2.56 bits per heavy atom. The van der Waals surface area contributed by atoms with Gasteiger partial charge in [-0.15, -0.1) is 0 Å². The number of ether oxygens (including phenoxy) is 1. The Kier molecular flexibility index (Phi) is 6.44. The minimum Gasteiger partial charge on any atom is -0.504 e. The highest BCUT2D eigenvalue weighted by molar-refractivity contribution is 14.1. The number of non-ortho nitro benzene ring substituents is 1. The fourth-order valence-corrected chi connectivity index (χ4v) is 7.28. The van der Waals surface area contributed by atoms with Gasteiger partial charge in [-0.2, -0.15) is 0 Å². The number of imide groups is 1. The second-order valence-corrected chi connectivity index (χ2v) is 11.7. The number of hydrogen-bond acceptors (Lipinski definition) is 8. The lowest BCUT2D eigenvalue weighted by Gasteiger charge is -2.42. The number of nitro benzene ring substituents is 1. The minimum atomic E-state index is -0.814. The number of carbonyl (C=O) groups excluding carboxylic acids is 4. The SMILES string of the molecule is COc1cc(C2C3=CCC4C(=O)N(c5cccc([N+](=O)[O-])c5)C(=O)C4C3CC3=C2C(=O)C(C)=CC3=O)cc(I)c1O. The molecule has 1 saturated heterocycles. The third-order valence-corrected chi connectivity index (χ3v) is 9.29. The van der Waals surface area contributed by atoms with Crippen LogP contribution in [0.3, 0.4) is 0 Å². The van der Waals surface area contributed by atoms with Crippen molar-refractivity contribution < 1.29 is 33.9 Å². The summed E-state index contributed by atoms with van der Waals surface area (Å²) in [5, 5.41) is 21.8. The van der Waals surface area contributed by atoms with E-state index in [1.54, 1.807) is 19.1 Å². The van der Waals surface area contributed by atoms with E-state index in [1.165, 1.54) is 37.5 Å². The van der Waals surface area contributed by atoms with Gasteiger partial charge < -0.3 is 9.84 Å². The molecule has 10 nitrogen and oxygen atoms in total. The van der Waals surface area contributed by atoms with Crippen molar-refractivity contribution in [2.75, 3.05) is 12.0 Å². The summed E-state index contributed by atoms with van der Waals surface area (Å²) < 4.78 is 5.87. The van der Waals surface area contributed by atoms with Crippen molar-refractivity contribution in [3.8, 4) is 11.5 Å². The summed E-state index contributed by atoms with van der Waals surface area (Å²) >= 11 is 1.97. The molecule has 3 aliphatic carbocycles. The van der Waals surface area contributed by atoms with Gasteiger partial charge in [-0.25, -0.2) is 4.90 Å². The van der Waals surface area contributed by atoms with Crippen molar-refractivity contribution in [3.05, 3.63) is 90.1 Å². The van der Waals surface area contributed by atoms with Crippen LogP contribution in [-0.2, 0) is 19.2 Å². The molecule has 208 valence electrons. The molecule has 41 heavy (non-hydrogen) atoms. The van der Waals surface area contributed by atoms with Gasteiger partial charge in [-0.05, 0) is 78.1 Å². The van der Waals surface area contributed by atoms with E-state index >= 15 is 0 Å². The number of carbonyl (C=O) groups is 4. The molecule has 2 aromatic rings. The first-order valence-corrected chi connectivity index (χ1v) is 14.0. The zero-order valence-corrected chi connectivity index (χ0v) is 24.1. The first kappa shape index (κ1) is 27.1. The Morgan fingerprint density at radius 1 is 1.10 bits per heavy atom. The van der Waals surface area contributed by atoms with Gasteiger partial charge in [0.25, 0.3) is 5.69 Å². The Hall–Kier alpha value is -4.13. The number of benzene rings is 2. The Labute approximate surface area is 247 Å². The van der Waals surface area contributed by atoms with Crippen LogP contribution in [0.25, 0.3) is 0 Å². The fraction of sp³-hybridized carbons (Fsp3) is 0.267. The molecule has 2 amide bonds. The van der Waals surface area contributed by atoms with E-state index in [4.69, 9.17) is 4.74 Å². The highest BCUT2D eigenvalue weighted by Gasteiger charge is 2.56. The average molecular weight is 666 g/mol. The summed E-state index contributed by atoms with van der Waals surface area (Å²) in [6.07, 6.45) is 3.54. The fourth-order valence-electron chi connectivity index (χ4n) is 6.66. The number of allylic oxidation sites excluding steroid dienone is 6. The molecule has 1 fully saturated rings. The third-order valence-electron chi connectivity index (χ3n) is 8.47. The predicted molar refractivity (Wildman–Crippen MR) is 154 cm³/mol. The number of phenolic OH excluding ortho intramolecular Hbond substituents is 1. The van der Waals surface area contributed by atoms with Crippen LogP contribution in [0.15, 0.2) is 70.8 Å². The molecule has 0 bridgehead atoms. The summed E-state index contributed by atoms with van der Waals surface area (Å²) in [4.78, 5) is 66.2. The van der Waals surface area contributed by atoms with Crippen LogP contribution in [0.4, 0.5) is 11.4 Å². The van der Waals surface area contributed by atoms with Gasteiger partial charge in [-0.1, -0.05) is 17.7 Å². The number of amides is 2. The van der Waals surface area contributed by atoms with E-state index in [1.807, 2.05) is 28.7 Å². The third kappa shape index (κ3) is 4.04. The number of phenols is 1. The van der Waals surface area contributed by atoms with Crippen molar-refractivity contribution in [1.82, 2.24) is 0 Å². The maximum atomic E-state index is 14.0. The molecule has 0 saturated carbocycles. The normalized spacial score (nSPS) is 25.4. The molecule has 6 rings (SSSR count). The zero-order valence-electron chi connectivity index (χ0n) is 21.9. The topological polar surface area (TPSA) is 144 Å². The van der Waals surface area contributed by atoms with Gasteiger partial charge in [0, 0.05) is 34.8 Å². The highest BCUT2D eigenvalue weighted by atomic mass is 127. The molecular weight excluding hydrogens is 643 g/mol. The number of Topliss-reactive ketones (excluding diaryl/α,β-unsaturated/α-hetero) is 1. The molecule has 11 heteroatoms. The van der Waals surface area contributed by atoms with E-state index in [9.17, 15) is 34.4 Å². The summed E-state index contributed by atoms with van der Waals surface area (Å²) in [5.41, 5.74) is 2.22. The molecule has 4 aliphatic rings. The lowest BCUT2D eigenvalue weighted by atomic mass is 9.59. The molecule has 4 atom stereocenters. The number of methoxy groups -OCH3 is 1. The standard InChI is InChI=1S/C30H23IN2O8/c1-13-8-22(34)20-12-19-17(24(26(20)27(13)35)14-9-21(31)28(36)23(10-14)41-2)6-7-18-25(19)30(38)32(29(18)37)15-4-3-5-16(11-15)33(39)40/h3-6,8-11,18-19,24-25,36H,7,12H2,1-2H3. The lowest BCUT2D eigenvalue weighted by Crippen LogP contribution is -2.39. The van der Waals surface area contributed by atoms with Gasteiger partial charge >= 0.3 is 0 Å².